The van der Waals surface area contributed by atoms with Gasteiger partial charge in [-0.25, -0.2) is 9.59 Å². The Kier molecular flexibility index (Phi) is 13.7. The Morgan fingerprint density at radius 2 is 1.44 bits per heavy atom. The first-order chi connectivity index (χ1) is 20.9. The summed E-state index contributed by atoms with van der Waals surface area (Å²) in [6.45, 7) is 16.3. The third-order valence-corrected chi connectivity index (χ3v) is 6.45. The molecule has 0 aliphatic carbocycles. The van der Waals surface area contributed by atoms with Crippen LogP contribution in [0.2, 0.25) is 0 Å². The van der Waals surface area contributed by atoms with E-state index in [4.69, 9.17) is 14.2 Å². The summed E-state index contributed by atoms with van der Waals surface area (Å²) in [5, 5.41) is 16.6. The van der Waals surface area contributed by atoms with E-state index in [1.165, 1.54) is 0 Å². The molecule has 3 rings (SSSR count). The maximum Gasteiger partial charge on any atom is 0.453 e. The van der Waals surface area contributed by atoms with Gasteiger partial charge >= 0.3 is 12.2 Å². The van der Waals surface area contributed by atoms with Gasteiger partial charge in [-0.1, -0.05) is 48.0 Å². The van der Waals surface area contributed by atoms with E-state index >= 15 is 0 Å². The summed E-state index contributed by atoms with van der Waals surface area (Å²) in [6, 6.07) is 15.5. The van der Waals surface area contributed by atoms with Crippen LogP contribution < -0.4 is 4.74 Å². The maximum atomic E-state index is 12.3. The van der Waals surface area contributed by atoms with Crippen LogP contribution in [0.15, 0.2) is 80.9 Å². The van der Waals surface area contributed by atoms with E-state index in [0.717, 1.165) is 15.4 Å². The topological polar surface area (TPSA) is 137 Å². The predicted molar refractivity (Wildman–Crippen MR) is 173 cm³/mol. The number of Topliss-reactive ketones (excluding diaryl/α,β-unsaturated/α-hetero) is 1. The molecular weight excluding hydrogens is 594 g/mol. The highest BCUT2D eigenvalue weighted by Gasteiger charge is 2.19. The number of aromatic nitrogens is 1. The quantitative estimate of drug-likeness (QED) is 0.189. The van der Waals surface area contributed by atoms with Crippen LogP contribution in [0.25, 0.3) is 0 Å². The van der Waals surface area contributed by atoms with Crippen molar-refractivity contribution in [2.45, 2.75) is 96.3 Å². The summed E-state index contributed by atoms with van der Waals surface area (Å²) < 4.78 is 15.6. The predicted octanol–water partition coefficient (Wildman–Crippen LogP) is 9.36. The summed E-state index contributed by atoms with van der Waals surface area (Å²) in [5.41, 5.74) is 0.651. The van der Waals surface area contributed by atoms with Gasteiger partial charge in [-0.05, 0) is 96.3 Å². The molecular formula is C34H43N3O7S. The number of carbonyl (C=O) groups excluding carboxylic acids is 3. The number of phenolic OH excluding ortho intramolecular Hbond substituents is 1. The van der Waals surface area contributed by atoms with Crippen molar-refractivity contribution >= 4 is 29.7 Å². The second-order valence-electron chi connectivity index (χ2n) is 12.5. The lowest BCUT2D eigenvalue weighted by atomic mass is 9.98. The fraction of sp³-hybridized carbons (Fsp3) is 0.412. The number of pyridine rings is 1. The molecule has 1 N–H and O–H groups in total. The summed E-state index contributed by atoms with van der Waals surface area (Å²) in [7, 11) is 0. The molecule has 3 aromatic rings. The fourth-order valence-electron chi connectivity index (χ4n) is 3.59. The van der Waals surface area contributed by atoms with Gasteiger partial charge in [-0.2, -0.15) is 0 Å². The van der Waals surface area contributed by atoms with Gasteiger partial charge in [0.2, 0.25) is 0 Å². The van der Waals surface area contributed by atoms with Gasteiger partial charge in [0.1, 0.15) is 29.3 Å². The Labute approximate surface area is 269 Å². The summed E-state index contributed by atoms with van der Waals surface area (Å²) in [5.74, 6) is 0.786. The van der Waals surface area contributed by atoms with E-state index < -0.39 is 23.4 Å². The normalized spacial score (nSPS) is 11.5. The van der Waals surface area contributed by atoms with Crippen LogP contribution in [0, 0.1) is 12.8 Å². The average Bonchev–Trinajstić information content (AvgIpc) is 2.92. The Morgan fingerprint density at radius 3 is 1.98 bits per heavy atom. The van der Waals surface area contributed by atoms with Crippen molar-refractivity contribution in [1.82, 2.24) is 4.98 Å². The number of carbonyl (C=O) groups is 3. The highest BCUT2D eigenvalue weighted by Crippen LogP contribution is 2.33. The molecule has 0 unspecified atom stereocenters. The van der Waals surface area contributed by atoms with Crippen LogP contribution in [0.5, 0.6) is 11.5 Å². The van der Waals surface area contributed by atoms with Crippen LogP contribution in [-0.4, -0.2) is 39.3 Å². The molecule has 1 heterocycles. The van der Waals surface area contributed by atoms with E-state index in [1.807, 2.05) is 38.1 Å². The number of phenols is 1. The van der Waals surface area contributed by atoms with Crippen molar-refractivity contribution in [1.29, 1.82) is 0 Å². The van der Waals surface area contributed by atoms with Gasteiger partial charge in [0.25, 0.3) is 0 Å². The first-order valence-electron chi connectivity index (χ1n) is 14.5. The van der Waals surface area contributed by atoms with Crippen LogP contribution >= 0.6 is 11.8 Å². The van der Waals surface area contributed by atoms with Crippen LogP contribution in [-0.2, 0) is 16.1 Å². The monoisotopic (exact) mass is 637 g/mol. The third-order valence-electron chi connectivity index (χ3n) is 5.45. The first kappa shape index (κ1) is 36.9. The Balaban J connectivity index is 0.000000376. The minimum absolute atomic E-state index is 0.00939. The molecule has 1 aromatic heterocycles. The number of ketones is 1. The van der Waals surface area contributed by atoms with Crippen LogP contribution in [0.4, 0.5) is 9.59 Å². The van der Waals surface area contributed by atoms with E-state index in [0.29, 0.717) is 29.9 Å². The number of hydrogen-bond donors (Lipinski definition) is 1. The Bertz CT molecular complexity index is 1450. The van der Waals surface area contributed by atoms with Crippen molar-refractivity contribution < 1.29 is 33.7 Å². The number of aromatic hydroxyl groups is 1. The van der Waals surface area contributed by atoms with Crippen molar-refractivity contribution in [3.63, 3.8) is 0 Å². The van der Waals surface area contributed by atoms with E-state index in [2.05, 4.69) is 27.3 Å². The van der Waals surface area contributed by atoms with E-state index in [9.17, 15) is 19.5 Å². The second kappa shape index (κ2) is 16.7. The molecule has 0 atom stereocenters. The molecule has 2 amide bonds. The van der Waals surface area contributed by atoms with Crippen LogP contribution in [0.3, 0.4) is 0 Å². The minimum atomic E-state index is -0.918. The third kappa shape index (κ3) is 14.4. The zero-order valence-corrected chi connectivity index (χ0v) is 28.2. The highest BCUT2D eigenvalue weighted by atomic mass is 32.2. The smallest absolute Gasteiger partial charge is 0.453 e. The first-order valence-corrected chi connectivity index (χ1v) is 15.3. The zero-order chi connectivity index (χ0) is 33.8. The standard InChI is InChI=1S/C24H25NO3S.C10H18N2O4/c1-16(2)13-22(26)21-7-8-23(17(3)24(21)27)28-15-18-5-4-6-20(14-18)29-19-9-11-25-12-10-19;1-9(2,3)15-7(13)11-12-8(14)16-10(4,5)6/h4-12,14,16,27H,13,15H2,1-3H3;1-6H3. The molecule has 0 radical (unpaired) electrons. The van der Waals surface area contributed by atoms with Gasteiger partial charge in [-0.15, -0.1) is 0 Å². The van der Waals surface area contributed by atoms with Gasteiger partial charge < -0.3 is 19.3 Å². The van der Waals surface area contributed by atoms with Gasteiger partial charge in [0.15, 0.2) is 5.78 Å². The molecule has 0 bridgehead atoms. The molecule has 0 aliphatic heterocycles. The minimum Gasteiger partial charge on any atom is -0.507 e. The average molecular weight is 638 g/mol. The van der Waals surface area contributed by atoms with Crippen molar-refractivity contribution in [3.8, 4) is 11.5 Å². The number of ether oxygens (including phenoxy) is 3. The number of benzene rings is 2. The van der Waals surface area contributed by atoms with Crippen LogP contribution in [0.1, 0.15) is 83.3 Å². The number of amides is 2. The SMILES string of the molecule is CC(C)(C)OC(=O)N=NC(=O)OC(C)(C)C.Cc1c(OCc2cccc(Sc3ccncc3)c2)ccc(C(=O)CC(C)C)c1O. The molecule has 0 spiro atoms. The van der Waals surface area contributed by atoms with Gasteiger partial charge in [-0.3, -0.25) is 9.78 Å². The molecule has 11 heteroatoms. The lowest BCUT2D eigenvalue weighted by molar-refractivity contribution is 0.0516. The van der Waals surface area contributed by atoms with E-state index in [-0.39, 0.29) is 17.5 Å². The second-order valence-corrected chi connectivity index (χ2v) is 13.6. The fourth-order valence-corrected chi connectivity index (χ4v) is 4.48. The van der Waals surface area contributed by atoms with Gasteiger partial charge in [0, 0.05) is 34.2 Å². The number of azo groups is 1. The maximum absolute atomic E-state index is 12.3. The molecule has 0 aliphatic rings. The molecule has 0 saturated heterocycles. The summed E-state index contributed by atoms with van der Waals surface area (Å²) in [6.07, 6.45) is 2.13. The molecule has 2 aromatic carbocycles. The Morgan fingerprint density at radius 1 is 0.867 bits per heavy atom. The van der Waals surface area contributed by atoms with Crippen molar-refractivity contribution in [3.05, 3.63) is 77.6 Å². The molecule has 10 nitrogen and oxygen atoms in total. The summed E-state index contributed by atoms with van der Waals surface area (Å²) >= 11 is 1.67. The lowest BCUT2D eigenvalue weighted by Gasteiger charge is -2.17. The molecule has 45 heavy (non-hydrogen) atoms. The van der Waals surface area contributed by atoms with Crippen molar-refractivity contribution in [2.75, 3.05) is 0 Å². The largest absolute Gasteiger partial charge is 0.507 e. The number of hydrogen-bond acceptors (Lipinski definition) is 9. The Hall–Kier alpha value is -4.25. The van der Waals surface area contributed by atoms with E-state index in [1.54, 1.807) is 84.8 Å². The number of rotatable bonds is 8. The summed E-state index contributed by atoms with van der Waals surface area (Å²) in [4.78, 5) is 40.7. The number of nitrogens with zero attached hydrogens (tertiary/aromatic N) is 3. The zero-order valence-electron chi connectivity index (χ0n) is 27.4. The molecule has 0 fully saturated rings. The van der Waals surface area contributed by atoms with Crippen molar-refractivity contribution in [2.24, 2.45) is 16.1 Å². The molecule has 242 valence electrons. The highest BCUT2D eigenvalue weighted by molar-refractivity contribution is 7.99. The van der Waals surface area contributed by atoms with Gasteiger partial charge in [0.05, 0.1) is 5.56 Å². The molecule has 0 saturated carbocycles. The lowest BCUT2D eigenvalue weighted by Crippen LogP contribution is -2.23.